The molecule has 3 aliphatic rings. The molecule has 6 rings (SSSR count). The van der Waals surface area contributed by atoms with Gasteiger partial charge in [0.05, 0.1) is 24.4 Å². The first-order chi connectivity index (χ1) is 24.0. The molecule has 0 saturated carbocycles. The van der Waals surface area contributed by atoms with E-state index in [1.54, 1.807) is 24.3 Å². The Bertz CT molecular complexity index is 1600. The van der Waals surface area contributed by atoms with Gasteiger partial charge in [-0.05, 0) is 89.6 Å². The Balaban J connectivity index is 1.12. The summed E-state index contributed by atoms with van der Waals surface area (Å²) in [7, 11) is 0. The van der Waals surface area contributed by atoms with Crippen LogP contribution in [0.15, 0.2) is 54.6 Å². The predicted octanol–water partition coefficient (Wildman–Crippen LogP) is 5.57. The topological polar surface area (TPSA) is 115 Å². The second-order valence-corrected chi connectivity index (χ2v) is 14.1. The summed E-state index contributed by atoms with van der Waals surface area (Å²) in [5.74, 6) is 2.41. The number of urea groups is 1. The molecule has 268 valence electrons. The lowest BCUT2D eigenvalue weighted by molar-refractivity contribution is -0.0174. The molecule has 2 unspecified atom stereocenters. The summed E-state index contributed by atoms with van der Waals surface area (Å²) in [5.41, 5.74) is 2.71. The number of hydrogen-bond donors (Lipinski definition) is 2. The molecule has 3 amide bonds. The van der Waals surface area contributed by atoms with Crippen molar-refractivity contribution >= 4 is 34.9 Å². The third-order valence-corrected chi connectivity index (χ3v) is 9.67. The first kappa shape index (κ1) is 35.6. The molecule has 0 aliphatic carbocycles. The van der Waals surface area contributed by atoms with Gasteiger partial charge >= 0.3 is 6.03 Å². The average Bonchev–Trinajstić information content (AvgIpc) is 3.11. The van der Waals surface area contributed by atoms with Gasteiger partial charge in [0.25, 0.3) is 5.91 Å². The van der Waals surface area contributed by atoms with E-state index in [0.29, 0.717) is 28.8 Å². The molecule has 50 heavy (non-hydrogen) atoms. The van der Waals surface area contributed by atoms with Crippen molar-refractivity contribution in [2.75, 3.05) is 72.8 Å². The number of amides is 3. The lowest BCUT2D eigenvalue weighted by Crippen LogP contribution is -2.50. The molecule has 4 atom stereocenters. The normalized spacial score (nSPS) is 23.2. The van der Waals surface area contributed by atoms with Gasteiger partial charge in [-0.1, -0.05) is 6.92 Å². The van der Waals surface area contributed by atoms with Gasteiger partial charge in [0.2, 0.25) is 0 Å². The number of benzene rings is 2. The van der Waals surface area contributed by atoms with Gasteiger partial charge in [-0.3, -0.25) is 9.69 Å². The van der Waals surface area contributed by atoms with E-state index >= 15 is 0 Å². The summed E-state index contributed by atoms with van der Waals surface area (Å²) < 4.78 is 12.1. The highest BCUT2D eigenvalue weighted by Crippen LogP contribution is 2.29. The Labute approximate surface area is 296 Å². The number of piperazine rings is 1. The first-order valence-corrected chi connectivity index (χ1v) is 18.1. The highest BCUT2D eigenvalue weighted by atomic mass is 16.5. The van der Waals surface area contributed by atoms with Crippen LogP contribution in [-0.4, -0.2) is 115 Å². The van der Waals surface area contributed by atoms with E-state index in [2.05, 4.69) is 72.9 Å². The zero-order chi connectivity index (χ0) is 35.4. The summed E-state index contributed by atoms with van der Waals surface area (Å²) in [6, 6.07) is 16.8. The van der Waals surface area contributed by atoms with Crippen LogP contribution >= 0.6 is 0 Å². The Hall–Kier alpha value is -4.26. The molecule has 3 aromatic rings. The molecular weight excluding hydrogens is 632 g/mol. The molecule has 4 heterocycles. The van der Waals surface area contributed by atoms with Crippen molar-refractivity contribution in [2.45, 2.75) is 78.4 Å². The summed E-state index contributed by atoms with van der Waals surface area (Å²) in [6.45, 7) is 19.0. The van der Waals surface area contributed by atoms with Crippen molar-refractivity contribution in [3.63, 3.8) is 0 Å². The highest BCUT2D eigenvalue weighted by Gasteiger charge is 2.29. The molecule has 0 bridgehead atoms. The molecule has 0 radical (unpaired) electrons. The Morgan fingerprint density at radius 3 is 1.82 bits per heavy atom. The Morgan fingerprint density at radius 1 is 0.760 bits per heavy atom. The molecule has 12 heteroatoms. The number of nitrogens with one attached hydrogen (secondary N) is 2. The standard InChI is InChI=1S/C38H52N8O4/c1-7-33-24-46(23-28(6)50-33)35-20-34(45-21-26(4)49-27(5)22-45)41-36(42-35)29-8-12-31(13-9-29)39-38(48)40-32-14-10-30(11-15-32)37(47)44-18-16-43(17-19-44)25(2)3/h8-15,20,25-28,33H,7,16-19,21-24H2,1-6H3,(H2,39,40,48)/t26-,27+,28?,33?. The summed E-state index contributed by atoms with van der Waals surface area (Å²) in [4.78, 5) is 44.9. The minimum atomic E-state index is -0.371. The number of ether oxygens (including phenoxy) is 2. The van der Waals surface area contributed by atoms with Gasteiger partial charge in [-0.2, -0.15) is 0 Å². The number of morpholine rings is 2. The Morgan fingerprint density at radius 2 is 1.28 bits per heavy atom. The predicted molar refractivity (Wildman–Crippen MR) is 198 cm³/mol. The van der Waals surface area contributed by atoms with Gasteiger partial charge in [0.1, 0.15) is 11.6 Å². The molecule has 12 nitrogen and oxygen atoms in total. The van der Waals surface area contributed by atoms with Crippen LogP contribution in [0, 0.1) is 0 Å². The monoisotopic (exact) mass is 684 g/mol. The van der Waals surface area contributed by atoms with Crippen LogP contribution in [0.2, 0.25) is 0 Å². The lowest BCUT2D eigenvalue weighted by Gasteiger charge is -2.39. The molecule has 2 aromatic carbocycles. The fourth-order valence-electron chi connectivity index (χ4n) is 7.01. The van der Waals surface area contributed by atoms with E-state index in [0.717, 1.165) is 76.0 Å². The molecule has 1 aromatic heterocycles. The Kier molecular flexibility index (Phi) is 11.2. The van der Waals surface area contributed by atoms with Crippen LogP contribution in [0.5, 0.6) is 0 Å². The SMILES string of the molecule is CCC1CN(c2cc(N3C[C@@H](C)O[C@@H](C)C3)nc(-c3ccc(NC(=O)Nc4ccc(C(=O)N5CCN(C(C)C)CC5)cc4)cc3)n2)CC(C)O1. The van der Waals surface area contributed by atoms with Crippen LogP contribution in [0.1, 0.15) is 58.3 Å². The smallest absolute Gasteiger partial charge is 0.323 e. The summed E-state index contributed by atoms with van der Waals surface area (Å²) in [6.07, 6.45) is 1.39. The second-order valence-electron chi connectivity index (χ2n) is 14.1. The van der Waals surface area contributed by atoms with E-state index < -0.39 is 0 Å². The number of anilines is 4. The zero-order valence-electron chi connectivity index (χ0n) is 30.3. The maximum Gasteiger partial charge on any atom is 0.323 e. The molecular formula is C38H52N8O4. The van der Waals surface area contributed by atoms with E-state index in [1.165, 1.54) is 0 Å². The minimum Gasteiger partial charge on any atom is -0.372 e. The third-order valence-electron chi connectivity index (χ3n) is 9.67. The maximum absolute atomic E-state index is 13.0. The number of carbonyl (C=O) groups excluding carboxylic acids is 2. The van der Waals surface area contributed by atoms with Crippen LogP contribution in [0.4, 0.5) is 27.8 Å². The number of aromatic nitrogens is 2. The fraction of sp³-hybridized carbons (Fsp3) is 0.526. The van der Waals surface area contributed by atoms with E-state index in [4.69, 9.17) is 19.4 Å². The summed E-state index contributed by atoms with van der Waals surface area (Å²) in [5, 5.41) is 5.78. The number of rotatable bonds is 8. The van der Waals surface area contributed by atoms with E-state index in [9.17, 15) is 9.59 Å². The zero-order valence-corrected chi connectivity index (χ0v) is 30.3. The summed E-state index contributed by atoms with van der Waals surface area (Å²) >= 11 is 0. The van der Waals surface area contributed by atoms with Crippen LogP contribution in [-0.2, 0) is 9.47 Å². The van der Waals surface area contributed by atoms with E-state index in [-0.39, 0.29) is 36.4 Å². The van der Waals surface area contributed by atoms with Gasteiger partial charge in [0, 0.05) is 87.0 Å². The minimum absolute atomic E-state index is 0.0184. The largest absolute Gasteiger partial charge is 0.372 e. The van der Waals surface area contributed by atoms with E-state index in [1.807, 2.05) is 29.2 Å². The van der Waals surface area contributed by atoms with Crippen molar-refractivity contribution in [2.24, 2.45) is 0 Å². The highest BCUT2D eigenvalue weighted by molar-refractivity contribution is 6.00. The number of hydrogen-bond acceptors (Lipinski definition) is 9. The van der Waals surface area contributed by atoms with Crippen molar-refractivity contribution in [3.05, 3.63) is 60.2 Å². The lowest BCUT2D eigenvalue weighted by atomic mass is 10.1. The fourth-order valence-corrected chi connectivity index (χ4v) is 7.01. The van der Waals surface area contributed by atoms with Crippen molar-refractivity contribution in [1.82, 2.24) is 19.8 Å². The van der Waals surface area contributed by atoms with Gasteiger partial charge < -0.3 is 34.8 Å². The van der Waals surface area contributed by atoms with Crippen LogP contribution in [0.25, 0.3) is 11.4 Å². The number of nitrogens with zero attached hydrogens (tertiary/aromatic N) is 6. The van der Waals surface area contributed by atoms with Gasteiger partial charge in [0.15, 0.2) is 5.82 Å². The quantitative estimate of drug-likeness (QED) is 0.314. The molecule has 2 N–H and O–H groups in total. The molecule has 0 spiro atoms. The van der Waals surface area contributed by atoms with Crippen LogP contribution in [0.3, 0.4) is 0 Å². The number of carbonyl (C=O) groups is 2. The maximum atomic E-state index is 13.0. The first-order valence-electron chi connectivity index (χ1n) is 18.1. The van der Waals surface area contributed by atoms with Gasteiger partial charge in [-0.25, -0.2) is 14.8 Å². The van der Waals surface area contributed by atoms with Crippen molar-refractivity contribution in [1.29, 1.82) is 0 Å². The second kappa shape index (κ2) is 15.7. The molecule has 3 fully saturated rings. The van der Waals surface area contributed by atoms with Crippen LogP contribution < -0.4 is 20.4 Å². The van der Waals surface area contributed by atoms with Gasteiger partial charge in [-0.15, -0.1) is 0 Å². The average molecular weight is 685 g/mol. The third kappa shape index (κ3) is 8.72. The van der Waals surface area contributed by atoms with Crippen molar-refractivity contribution < 1.29 is 19.1 Å². The van der Waals surface area contributed by atoms with Crippen molar-refractivity contribution in [3.8, 4) is 11.4 Å². The molecule has 3 saturated heterocycles. The molecule has 3 aliphatic heterocycles.